The van der Waals surface area contributed by atoms with Crippen LogP contribution in [0.15, 0.2) is 59.5 Å². The first-order chi connectivity index (χ1) is 15.5. The number of thioether (sulfide) groups is 1. The number of benzene rings is 2. The van der Waals surface area contributed by atoms with E-state index >= 15 is 0 Å². The third-order valence-corrected chi connectivity index (χ3v) is 6.24. The van der Waals surface area contributed by atoms with E-state index in [1.54, 1.807) is 23.7 Å². The molecule has 1 saturated heterocycles. The highest BCUT2D eigenvalue weighted by Gasteiger charge is 2.29. The van der Waals surface area contributed by atoms with Crippen LogP contribution in [0, 0.1) is 5.92 Å². The van der Waals surface area contributed by atoms with Crippen LogP contribution in [-0.4, -0.2) is 67.1 Å². The Morgan fingerprint density at radius 1 is 1.06 bits per heavy atom. The molecule has 3 amide bonds. The second-order valence-electron chi connectivity index (χ2n) is 7.70. The molecule has 3 rings (SSSR count). The summed E-state index contributed by atoms with van der Waals surface area (Å²) >= 11 is 1.55. The first kappa shape index (κ1) is 23.7. The predicted molar refractivity (Wildman–Crippen MR) is 126 cm³/mol. The minimum Gasteiger partial charge on any atom is -0.484 e. The molecule has 0 unspecified atom stereocenters. The van der Waals surface area contributed by atoms with Crippen LogP contribution in [0.3, 0.4) is 0 Å². The lowest BCUT2D eigenvalue weighted by molar-refractivity contribution is -0.141. The van der Waals surface area contributed by atoms with E-state index in [2.05, 4.69) is 5.32 Å². The molecule has 1 fully saturated rings. The molecule has 0 saturated carbocycles. The highest BCUT2D eigenvalue weighted by molar-refractivity contribution is 7.98. The van der Waals surface area contributed by atoms with Crippen molar-refractivity contribution >= 4 is 35.2 Å². The van der Waals surface area contributed by atoms with Gasteiger partial charge in [0.1, 0.15) is 5.75 Å². The lowest BCUT2D eigenvalue weighted by Crippen LogP contribution is -2.46. The number of nitrogens with zero attached hydrogens (tertiary/aromatic N) is 2. The topological polar surface area (TPSA) is 79.0 Å². The molecule has 0 bridgehead atoms. The van der Waals surface area contributed by atoms with Gasteiger partial charge in [0.05, 0.1) is 12.2 Å². The van der Waals surface area contributed by atoms with Crippen LogP contribution in [0.4, 0.5) is 5.69 Å². The quantitative estimate of drug-likeness (QED) is 0.619. The Morgan fingerprint density at radius 3 is 2.41 bits per heavy atom. The number of hydrogen-bond acceptors (Lipinski definition) is 5. The minimum atomic E-state index is -0.229. The molecule has 8 heteroatoms. The molecule has 0 spiro atoms. The number of piperidine rings is 1. The van der Waals surface area contributed by atoms with Crippen LogP contribution in [-0.2, 0) is 14.4 Å². The fraction of sp³-hybridized carbons (Fsp3) is 0.375. The first-order valence-electron chi connectivity index (χ1n) is 10.6. The van der Waals surface area contributed by atoms with Crippen LogP contribution in [0.25, 0.3) is 0 Å². The van der Waals surface area contributed by atoms with E-state index < -0.39 is 0 Å². The van der Waals surface area contributed by atoms with Gasteiger partial charge in [0.25, 0.3) is 5.91 Å². The molecule has 1 aliphatic rings. The van der Waals surface area contributed by atoms with Gasteiger partial charge in [0.2, 0.25) is 11.8 Å². The molecule has 1 heterocycles. The van der Waals surface area contributed by atoms with Crippen LogP contribution < -0.4 is 10.1 Å². The van der Waals surface area contributed by atoms with Crippen molar-refractivity contribution in [1.82, 2.24) is 9.80 Å². The Labute approximate surface area is 193 Å². The highest BCUT2D eigenvalue weighted by atomic mass is 32.2. The molecule has 7 nitrogen and oxygen atoms in total. The van der Waals surface area contributed by atoms with Crippen molar-refractivity contribution < 1.29 is 19.1 Å². The molecule has 2 aromatic carbocycles. The maximum Gasteiger partial charge on any atom is 0.260 e. The number of nitrogens with one attached hydrogen (secondary N) is 1. The molecule has 1 N–H and O–H groups in total. The van der Waals surface area contributed by atoms with Crippen molar-refractivity contribution in [1.29, 1.82) is 0 Å². The average Bonchev–Trinajstić information content (AvgIpc) is 2.83. The summed E-state index contributed by atoms with van der Waals surface area (Å²) < 4.78 is 5.53. The second kappa shape index (κ2) is 11.6. The highest BCUT2D eigenvalue weighted by Crippen LogP contribution is 2.25. The zero-order valence-corrected chi connectivity index (χ0v) is 19.3. The van der Waals surface area contributed by atoms with Gasteiger partial charge in [0, 0.05) is 31.0 Å². The summed E-state index contributed by atoms with van der Waals surface area (Å²) in [5.74, 6) is 0.0928. The van der Waals surface area contributed by atoms with Gasteiger partial charge >= 0.3 is 0 Å². The Morgan fingerprint density at radius 2 is 1.72 bits per heavy atom. The van der Waals surface area contributed by atoms with Gasteiger partial charge in [-0.15, -0.1) is 11.8 Å². The van der Waals surface area contributed by atoms with Gasteiger partial charge in [-0.05, 0) is 43.4 Å². The van der Waals surface area contributed by atoms with Crippen molar-refractivity contribution in [2.45, 2.75) is 17.7 Å². The average molecular weight is 456 g/mol. The second-order valence-corrected chi connectivity index (χ2v) is 8.55. The third-order valence-electron chi connectivity index (χ3n) is 5.44. The summed E-state index contributed by atoms with van der Waals surface area (Å²) in [6.45, 7) is 0.995. The maximum atomic E-state index is 12.8. The van der Waals surface area contributed by atoms with Crippen molar-refractivity contribution in [2.75, 3.05) is 44.9 Å². The van der Waals surface area contributed by atoms with E-state index in [9.17, 15) is 14.4 Å². The normalized spacial score (nSPS) is 14.0. The number of likely N-dealkylation sites (N-methyl/N-ethyl adjacent to an activating group) is 1. The zero-order valence-electron chi connectivity index (χ0n) is 18.5. The van der Waals surface area contributed by atoms with Gasteiger partial charge in [-0.25, -0.2) is 0 Å². The maximum absolute atomic E-state index is 12.8. The Kier molecular flexibility index (Phi) is 8.56. The van der Waals surface area contributed by atoms with Gasteiger partial charge in [-0.2, -0.15) is 0 Å². The monoisotopic (exact) mass is 455 g/mol. The van der Waals surface area contributed by atoms with Crippen molar-refractivity contribution in [2.24, 2.45) is 5.92 Å². The van der Waals surface area contributed by atoms with Crippen LogP contribution >= 0.6 is 11.8 Å². The van der Waals surface area contributed by atoms with E-state index in [1.807, 2.05) is 60.9 Å². The molecule has 0 atom stereocenters. The fourth-order valence-electron chi connectivity index (χ4n) is 3.67. The molecule has 0 radical (unpaired) electrons. The lowest BCUT2D eigenvalue weighted by Gasteiger charge is -2.33. The lowest BCUT2D eigenvalue weighted by atomic mass is 9.95. The molecule has 0 aliphatic carbocycles. The Balaban J connectivity index is 1.43. The van der Waals surface area contributed by atoms with E-state index in [4.69, 9.17) is 4.74 Å². The number of anilines is 1. The number of amides is 3. The van der Waals surface area contributed by atoms with E-state index in [1.165, 1.54) is 4.90 Å². The summed E-state index contributed by atoms with van der Waals surface area (Å²) in [6.07, 6.45) is 3.11. The largest absolute Gasteiger partial charge is 0.484 e. The fourth-order valence-corrected chi connectivity index (χ4v) is 4.23. The minimum absolute atomic E-state index is 0.00832. The van der Waals surface area contributed by atoms with Crippen molar-refractivity contribution in [3.8, 4) is 5.75 Å². The van der Waals surface area contributed by atoms with Gasteiger partial charge < -0.3 is 19.9 Å². The molecule has 0 aromatic heterocycles. The molecule has 32 heavy (non-hydrogen) atoms. The van der Waals surface area contributed by atoms with Gasteiger partial charge in [-0.1, -0.05) is 30.3 Å². The number of rotatable bonds is 8. The molecular formula is C24H29N3O4S. The molecule has 1 aliphatic heterocycles. The summed E-state index contributed by atoms with van der Waals surface area (Å²) in [5.41, 5.74) is 0.746. The van der Waals surface area contributed by atoms with Gasteiger partial charge in [-0.3, -0.25) is 14.4 Å². The first-order valence-corrected chi connectivity index (χ1v) is 11.8. The van der Waals surface area contributed by atoms with E-state index in [0.717, 1.165) is 10.6 Å². The summed E-state index contributed by atoms with van der Waals surface area (Å²) in [5, 5.41) is 2.88. The Hall–Kier alpha value is -3.00. The number of carbonyl (C=O) groups excluding carboxylic acids is 3. The Bertz CT molecular complexity index is 930. The molecule has 170 valence electrons. The van der Waals surface area contributed by atoms with E-state index in [0.29, 0.717) is 31.7 Å². The van der Waals surface area contributed by atoms with Gasteiger partial charge in [0.15, 0.2) is 6.61 Å². The van der Waals surface area contributed by atoms with Crippen LogP contribution in [0.1, 0.15) is 12.8 Å². The SMILES string of the molecule is CSc1ccccc1NC(=O)CN(C)C(=O)C1CCN(C(=O)COc2ccccc2)CC1. The number of likely N-dealkylation sites (tertiary alicyclic amines) is 1. The summed E-state index contributed by atoms with van der Waals surface area (Å²) in [7, 11) is 1.65. The number of para-hydroxylation sites is 2. The molecular weight excluding hydrogens is 426 g/mol. The smallest absolute Gasteiger partial charge is 0.260 e. The standard InChI is InChI=1S/C24H29N3O4S/c1-26(16-22(28)25-20-10-6-7-11-21(20)32-2)24(30)18-12-14-27(15-13-18)23(29)17-31-19-8-4-3-5-9-19/h3-11,18H,12-17H2,1-2H3,(H,25,28). The predicted octanol–water partition coefficient (Wildman–Crippen LogP) is 3.12. The number of hydrogen-bond donors (Lipinski definition) is 1. The van der Waals surface area contributed by atoms with E-state index in [-0.39, 0.29) is 36.8 Å². The van der Waals surface area contributed by atoms with Crippen LogP contribution in [0.2, 0.25) is 0 Å². The van der Waals surface area contributed by atoms with Crippen LogP contribution in [0.5, 0.6) is 5.75 Å². The van der Waals surface area contributed by atoms with Crippen molar-refractivity contribution in [3.05, 3.63) is 54.6 Å². The third kappa shape index (κ3) is 6.50. The summed E-state index contributed by atoms with van der Waals surface area (Å²) in [6, 6.07) is 16.8. The molecule has 2 aromatic rings. The summed E-state index contributed by atoms with van der Waals surface area (Å²) in [4.78, 5) is 41.8. The number of ether oxygens (including phenoxy) is 1. The zero-order chi connectivity index (χ0) is 22.9. The number of carbonyl (C=O) groups is 3. The van der Waals surface area contributed by atoms with Crippen molar-refractivity contribution in [3.63, 3.8) is 0 Å².